The molecule has 0 bridgehead atoms. The number of rotatable bonds is 5. The molecule has 0 amide bonds. The molecule has 1 aliphatic heterocycles. The molecule has 1 heterocycles. The third-order valence-electron chi connectivity index (χ3n) is 6.17. The Bertz CT molecular complexity index is 772. The quantitative estimate of drug-likeness (QED) is 0.675. The number of carbonyl (C=O) groups is 2. The van der Waals surface area contributed by atoms with Gasteiger partial charge in [0, 0.05) is 32.5 Å². The third kappa shape index (κ3) is 4.07. The number of ketones is 1. The van der Waals surface area contributed by atoms with Gasteiger partial charge >= 0.3 is 5.97 Å². The molecule has 1 aliphatic carbocycles. The highest BCUT2D eigenvalue weighted by atomic mass is 16.5. The topological polar surface area (TPSA) is 52.6 Å². The van der Waals surface area contributed by atoms with Gasteiger partial charge in [0.2, 0.25) is 0 Å². The van der Waals surface area contributed by atoms with E-state index in [-0.39, 0.29) is 17.2 Å². The maximum absolute atomic E-state index is 13.5. The molecule has 0 radical (unpaired) electrons. The van der Waals surface area contributed by atoms with E-state index in [2.05, 4.69) is 32.9 Å². The van der Waals surface area contributed by atoms with E-state index in [4.69, 9.17) is 9.47 Å². The molecule has 1 spiro atoms. The zero-order valence-electron chi connectivity index (χ0n) is 17.7. The van der Waals surface area contributed by atoms with E-state index in [1.54, 1.807) is 6.92 Å². The summed E-state index contributed by atoms with van der Waals surface area (Å²) in [6, 6.07) is 4.32. The molecular formula is C24H32O4. The summed E-state index contributed by atoms with van der Waals surface area (Å²) in [6.45, 7) is 9.45. The summed E-state index contributed by atoms with van der Waals surface area (Å²) in [7, 11) is 0. The second-order valence-corrected chi connectivity index (χ2v) is 8.18. The number of allylic oxidation sites excluding steroid dienone is 2. The first-order chi connectivity index (χ1) is 13.4. The molecule has 152 valence electrons. The van der Waals surface area contributed by atoms with E-state index in [9.17, 15) is 9.59 Å². The molecule has 1 fully saturated rings. The van der Waals surface area contributed by atoms with Gasteiger partial charge in [0.05, 0.1) is 5.57 Å². The van der Waals surface area contributed by atoms with E-state index < -0.39 is 0 Å². The molecule has 4 heteroatoms. The Kier molecular flexibility index (Phi) is 6.39. The van der Waals surface area contributed by atoms with Gasteiger partial charge in [-0.05, 0) is 54.7 Å². The van der Waals surface area contributed by atoms with Crippen molar-refractivity contribution in [2.24, 2.45) is 5.41 Å². The minimum absolute atomic E-state index is 0.111. The van der Waals surface area contributed by atoms with Crippen LogP contribution >= 0.6 is 0 Å². The third-order valence-corrected chi connectivity index (χ3v) is 6.17. The predicted molar refractivity (Wildman–Crippen MR) is 110 cm³/mol. The summed E-state index contributed by atoms with van der Waals surface area (Å²) in [6.07, 6.45) is 4.82. The number of aryl methyl sites for hydroxylation is 3. The van der Waals surface area contributed by atoms with Gasteiger partial charge in [-0.1, -0.05) is 38.5 Å². The van der Waals surface area contributed by atoms with Gasteiger partial charge in [-0.2, -0.15) is 0 Å². The Hall–Kier alpha value is -1.94. The Morgan fingerprint density at radius 2 is 1.68 bits per heavy atom. The molecule has 1 aromatic carbocycles. The van der Waals surface area contributed by atoms with Crippen molar-refractivity contribution in [3.05, 3.63) is 40.1 Å². The van der Waals surface area contributed by atoms with Crippen LogP contribution in [0.5, 0.6) is 0 Å². The Labute approximate surface area is 168 Å². The number of benzene rings is 1. The van der Waals surface area contributed by atoms with Crippen LogP contribution in [0.2, 0.25) is 0 Å². The molecule has 0 atom stereocenters. The predicted octanol–water partition coefficient (Wildman–Crippen LogP) is 4.94. The van der Waals surface area contributed by atoms with Gasteiger partial charge in [0.25, 0.3) is 0 Å². The van der Waals surface area contributed by atoms with Crippen molar-refractivity contribution in [3.63, 3.8) is 0 Å². The standard InChI is InChI=1S/C24H32O4/c1-5-17-12-16(4)13-18(6-2)22(17)23-19(25)14-24(8-10-27-11-9-24)15-20(23)28-21(26)7-3/h12-13H,5-11,14-15H2,1-4H3. The lowest BCUT2D eigenvalue weighted by atomic mass is 9.67. The highest BCUT2D eigenvalue weighted by molar-refractivity contribution is 6.23. The van der Waals surface area contributed by atoms with E-state index in [0.29, 0.717) is 43.8 Å². The molecule has 1 saturated heterocycles. The van der Waals surface area contributed by atoms with Crippen LogP contribution in [0.15, 0.2) is 17.9 Å². The summed E-state index contributed by atoms with van der Waals surface area (Å²) >= 11 is 0. The van der Waals surface area contributed by atoms with Crippen LogP contribution in [0, 0.1) is 12.3 Å². The Morgan fingerprint density at radius 1 is 1.07 bits per heavy atom. The van der Waals surface area contributed by atoms with Gasteiger partial charge in [0.15, 0.2) is 5.78 Å². The number of hydrogen-bond donors (Lipinski definition) is 0. The summed E-state index contributed by atoms with van der Waals surface area (Å²) < 4.78 is 11.3. The van der Waals surface area contributed by atoms with Crippen LogP contribution in [-0.4, -0.2) is 25.0 Å². The van der Waals surface area contributed by atoms with Gasteiger partial charge in [-0.25, -0.2) is 0 Å². The van der Waals surface area contributed by atoms with Gasteiger partial charge in [-0.3, -0.25) is 9.59 Å². The maximum atomic E-state index is 13.5. The zero-order chi connectivity index (χ0) is 20.3. The van der Waals surface area contributed by atoms with Crippen LogP contribution in [0.3, 0.4) is 0 Å². The van der Waals surface area contributed by atoms with Crippen LogP contribution < -0.4 is 0 Å². The Balaban J connectivity index is 2.18. The zero-order valence-corrected chi connectivity index (χ0v) is 17.7. The van der Waals surface area contributed by atoms with E-state index in [1.165, 1.54) is 5.56 Å². The van der Waals surface area contributed by atoms with Crippen molar-refractivity contribution in [2.75, 3.05) is 13.2 Å². The van der Waals surface area contributed by atoms with Crippen LogP contribution in [-0.2, 0) is 31.9 Å². The minimum atomic E-state index is -0.271. The summed E-state index contributed by atoms with van der Waals surface area (Å²) in [5.41, 5.74) is 5.04. The Morgan fingerprint density at radius 3 is 2.21 bits per heavy atom. The molecule has 2 aliphatic rings. The average Bonchev–Trinajstić information content (AvgIpc) is 2.68. The average molecular weight is 385 g/mol. The van der Waals surface area contributed by atoms with Crippen molar-refractivity contribution < 1.29 is 19.1 Å². The van der Waals surface area contributed by atoms with E-state index in [0.717, 1.165) is 42.4 Å². The number of carbonyl (C=O) groups excluding carboxylic acids is 2. The SMILES string of the molecule is CCC(=O)OC1=C(c2c(CC)cc(C)cc2CC)C(=O)CC2(CCOCC2)C1. The van der Waals surface area contributed by atoms with E-state index in [1.807, 2.05) is 0 Å². The van der Waals surface area contributed by atoms with Gasteiger partial charge in [-0.15, -0.1) is 0 Å². The van der Waals surface area contributed by atoms with Crippen molar-refractivity contribution in [3.8, 4) is 0 Å². The van der Waals surface area contributed by atoms with Crippen LogP contribution in [0.4, 0.5) is 0 Å². The van der Waals surface area contributed by atoms with E-state index >= 15 is 0 Å². The smallest absolute Gasteiger partial charge is 0.310 e. The fourth-order valence-electron chi connectivity index (χ4n) is 4.63. The first-order valence-electron chi connectivity index (χ1n) is 10.6. The van der Waals surface area contributed by atoms with Crippen molar-refractivity contribution in [2.45, 2.75) is 72.6 Å². The highest BCUT2D eigenvalue weighted by Gasteiger charge is 2.43. The summed E-state index contributed by atoms with van der Waals surface area (Å²) in [5.74, 6) is 0.422. The maximum Gasteiger partial charge on any atom is 0.310 e. The fourth-order valence-corrected chi connectivity index (χ4v) is 4.63. The minimum Gasteiger partial charge on any atom is -0.430 e. The van der Waals surface area contributed by atoms with Crippen LogP contribution in [0.1, 0.15) is 75.1 Å². The lowest BCUT2D eigenvalue weighted by Gasteiger charge is -2.41. The van der Waals surface area contributed by atoms with Crippen molar-refractivity contribution >= 4 is 17.3 Å². The van der Waals surface area contributed by atoms with Gasteiger partial charge in [0.1, 0.15) is 5.76 Å². The first-order valence-corrected chi connectivity index (χ1v) is 10.6. The molecule has 1 aromatic rings. The molecule has 0 N–H and O–H groups in total. The van der Waals surface area contributed by atoms with Crippen molar-refractivity contribution in [1.29, 1.82) is 0 Å². The molecule has 0 aromatic heterocycles. The normalized spacial score (nSPS) is 19.2. The van der Waals surface area contributed by atoms with Crippen molar-refractivity contribution in [1.82, 2.24) is 0 Å². The second-order valence-electron chi connectivity index (χ2n) is 8.18. The summed E-state index contributed by atoms with van der Waals surface area (Å²) in [4.78, 5) is 25.7. The first kappa shape index (κ1) is 20.8. The summed E-state index contributed by atoms with van der Waals surface area (Å²) in [5, 5.41) is 0. The molecular weight excluding hydrogens is 352 g/mol. The van der Waals surface area contributed by atoms with Crippen LogP contribution in [0.25, 0.3) is 5.57 Å². The molecule has 3 rings (SSSR count). The molecule has 28 heavy (non-hydrogen) atoms. The molecule has 4 nitrogen and oxygen atoms in total. The number of Topliss-reactive ketones (excluding diaryl/α,β-unsaturated/α-hetero) is 1. The highest BCUT2D eigenvalue weighted by Crippen LogP contribution is 2.48. The fraction of sp³-hybridized carbons (Fsp3) is 0.583. The van der Waals surface area contributed by atoms with Gasteiger partial charge < -0.3 is 9.47 Å². The lowest BCUT2D eigenvalue weighted by Crippen LogP contribution is -2.37. The molecule has 0 unspecified atom stereocenters. The number of hydrogen-bond acceptors (Lipinski definition) is 4. The molecule has 0 saturated carbocycles. The largest absolute Gasteiger partial charge is 0.430 e. The number of ether oxygens (including phenoxy) is 2. The lowest BCUT2D eigenvalue weighted by molar-refractivity contribution is -0.140. The monoisotopic (exact) mass is 384 g/mol. The second kappa shape index (κ2) is 8.60. The number of esters is 1.